The van der Waals surface area contributed by atoms with E-state index in [1.54, 1.807) is 30.4 Å². The maximum absolute atomic E-state index is 12.2. The van der Waals surface area contributed by atoms with Crippen molar-refractivity contribution in [3.05, 3.63) is 66.2 Å². The van der Waals surface area contributed by atoms with Crippen LogP contribution in [0.1, 0.15) is 11.1 Å². The molecule has 0 radical (unpaired) electrons. The van der Waals surface area contributed by atoms with Gasteiger partial charge in [-0.2, -0.15) is 0 Å². The van der Waals surface area contributed by atoms with E-state index in [1.165, 1.54) is 0 Å². The maximum atomic E-state index is 12.2. The number of imidazole rings is 1. The molecule has 0 bridgehead atoms. The highest BCUT2D eigenvalue weighted by Crippen LogP contribution is 2.29. The number of aryl methyl sites for hydroxylation is 2. The number of benzene rings is 1. The maximum Gasteiger partial charge on any atom is 0.228 e. The van der Waals surface area contributed by atoms with Crippen LogP contribution in [0.15, 0.2) is 65.2 Å². The van der Waals surface area contributed by atoms with Crippen LogP contribution in [0.4, 0.5) is 5.69 Å². The van der Waals surface area contributed by atoms with Crippen LogP contribution in [0.3, 0.4) is 0 Å². The fourth-order valence-corrected chi connectivity index (χ4v) is 3.18. The van der Waals surface area contributed by atoms with Crippen molar-refractivity contribution < 1.29 is 4.79 Å². The summed E-state index contributed by atoms with van der Waals surface area (Å²) in [5.74, 6) is -0.0457. The molecule has 0 aliphatic heterocycles. The van der Waals surface area contributed by atoms with Crippen molar-refractivity contribution in [3.8, 4) is 0 Å². The normalized spacial score (nSPS) is 10.6. The van der Waals surface area contributed by atoms with E-state index in [4.69, 9.17) is 0 Å². The average Bonchev–Trinajstić information content (AvgIpc) is 2.96. The molecule has 0 aliphatic rings. The predicted molar refractivity (Wildman–Crippen MR) is 95.1 cm³/mol. The number of carbonyl (C=O) groups excluding carboxylic acids is 1. The molecule has 1 N–H and O–H groups in total. The lowest BCUT2D eigenvalue weighted by molar-refractivity contribution is -0.115. The van der Waals surface area contributed by atoms with Crippen LogP contribution in [0.5, 0.6) is 0 Å². The Hall–Kier alpha value is -2.60. The van der Waals surface area contributed by atoms with E-state index in [0.717, 1.165) is 26.9 Å². The van der Waals surface area contributed by atoms with Crippen LogP contribution >= 0.6 is 11.8 Å². The largest absolute Gasteiger partial charge is 0.329 e. The van der Waals surface area contributed by atoms with E-state index < -0.39 is 0 Å². The zero-order valence-electron chi connectivity index (χ0n) is 13.6. The number of aromatic nitrogens is 3. The Morgan fingerprint density at radius 2 is 2.17 bits per heavy atom. The van der Waals surface area contributed by atoms with E-state index in [0.29, 0.717) is 6.42 Å². The monoisotopic (exact) mass is 338 g/mol. The lowest BCUT2D eigenvalue weighted by atomic mass is 10.1. The van der Waals surface area contributed by atoms with Gasteiger partial charge in [0, 0.05) is 42.4 Å². The molecule has 2 heterocycles. The summed E-state index contributed by atoms with van der Waals surface area (Å²) >= 11 is 1.60. The van der Waals surface area contributed by atoms with Gasteiger partial charge in [0.1, 0.15) is 0 Å². The Balaban J connectivity index is 1.66. The summed E-state index contributed by atoms with van der Waals surface area (Å²) in [6.07, 6.45) is 7.42. The smallest absolute Gasteiger partial charge is 0.228 e. The number of hydrogen-bond donors (Lipinski definition) is 1. The van der Waals surface area contributed by atoms with Crippen LogP contribution < -0.4 is 5.32 Å². The molecule has 6 heteroatoms. The number of nitrogens with zero attached hydrogens (tertiary/aromatic N) is 3. The van der Waals surface area contributed by atoms with E-state index in [9.17, 15) is 4.79 Å². The van der Waals surface area contributed by atoms with E-state index in [-0.39, 0.29) is 5.91 Å². The average molecular weight is 338 g/mol. The van der Waals surface area contributed by atoms with Crippen molar-refractivity contribution in [1.82, 2.24) is 14.5 Å². The molecule has 1 aromatic carbocycles. The lowest BCUT2D eigenvalue weighted by Crippen LogP contribution is -2.15. The Morgan fingerprint density at radius 3 is 2.83 bits per heavy atom. The topological polar surface area (TPSA) is 59.8 Å². The molecule has 122 valence electrons. The molecule has 2 aromatic heterocycles. The lowest BCUT2D eigenvalue weighted by Gasteiger charge is -2.10. The van der Waals surface area contributed by atoms with Crippen LogP contribution in [0.25, 0.3) is 0 Å². The molecule has 0 unspecified atom stereocenters. The molecule has 1 amide bonds. The van der Waals surface area contributed by atoms with Gasteiger partial charge in [0.15, 0.2) is 5.16 Å². The molecular weight excluding hydrogens is 320 g/mol. The van der Waals surface area contributed by atoms with Crippen molar-refractivity contribution in [2.24, 2.45) is 7.05 Å². The first kappa shape index (κ1) is 16.3. The van der Waals surface area contributed by atoms with Gasteiger partial charge in [0.2, 0.25) is 5.91 Å². The van der Waals surface area contributed by atoms with Gasteiger partial charge in [-0.15, -0.1) is 0 Å². The molecule has 3 aromatic rings. The molecule has 0 spiro atoms. The molecule has 24 heavy (non-hydrogen) atoms. The third-order valence-corrected chi connectivity index (χ3v) is 4.61. The van der Waals surface area contributed by atoms with E-state index in [1.807, 2.05) is 49.0 Å². The molecular formula is C18H18N4OS. The Bertz CT molecular complexity index is 845. The molecule has 0 fully saturated rings. The van der Waals surface area contributed by atoms with Crippen molar-refractivity contribution in [3.63, 3.8) is 0 Å². The summed E-state index contributed by atoms with van der Waals surface area (Å²) in [6, 6.07) is 9.70. The van der Waals surface area contributed by atoms with Gasteiger partial charge in [-0.1, -0.05) is 17.8 Å². The zero-order valence-corrected chi connectivity index (χ0v) is 14.4. The summed E-state index contributed by atoms with van der Waals surface area (Å²) < 4.78 is 1.98. The third kappa shape index (κ3) is 4.02. The minimum absolute atomic E-state index is 0.0457. The molecule has 0 aliphatic carbocycles. The third-order valence-electron chi connectivity index (χ3n) is 3.55. The van der Waals surface area contributed by atoms with Crippen LogP contribution in [-0.2, 0) is 18.3 Å². The fraction of sp³-hybridized carbons (Fsp3) is 0.167. The van der Waals surface area contributed by atoms with Gasteiger partial charge in [-0.3, -0.25) is 9.78 Å². The summed E-state index contributed by atoms with van der Waals surface area (Å²) in [4.78, 5) is 21.6. The van der Waals surface area contributed by atoms with E-state index in [2.05, 4.69) is 21.4 Å². The number of carbonyl (C=O) groups is 1. The second-order valence-corrected chi connectivity index (χ2v) is 6.53. The summed E-state index contributed by atoms with van der Waals surface area (Å²) in [5.41, 5.74) is 2.75. The number of pyridine rings is 1. The van der Waals surface area contributed by atoms with Gasteiger partial charge in [0.05, 0.1) is 6.42 Å². The summed E-state index contributed by atoms with van der Waals surface area (Å²) in [7, 11) is 1.97. The second-order valence-electron chi connectivity index (χ2n) is 5.49. The highest BCUT2D eigenvalue weighted by Gasteiger charge is 2.08. The summed E-state index contributed by atoms with van der Waals surface area (Å²) in [5, 5.41) is 3.89. The number of amides is 1. The van der Waals surface area contributed by atoms with Gasteiger partial charge in [-0.25, -0.2) is 4.98 Å². The Morgan fingerprint density at radius 1 is 1.29 bits per heavy atom. The second kappa shape index (κ2) is 7.31. The SMILES string of the molecule is Cc1cc(Sc2nccn2C)ccc1NC(=O)Cc1cccnc1. The van der Waals surface area contributed by atoms with Gasteiger partial charge in [0.25, 0.3) is 0 Å². The fourth-order valence-electron chi connectivity index (χ4n) is 2.28. The highest BCUT2D eigenvalue weighted by atomic mass is 32.2. The number of rotatable bonds is 5. The van der Waals surface area contributed by atoms with Gasteiger partial charge in [-0.05, 0) is 42.3 Å². The van der Waals surface area contributed by atoms with Gasteiger partial charge >= 0.3 is 0 Å². The Kier molecular flexibility index (Phi) is 4.96. The molecule has 0 atom stereocenters. The van der Waals surface area contributed by atoms with Crippen LogP contribution in [0.2, 0.25) is 0 Å². The molecule has 0 saturated carbocycles. The zero-order chi connectivity index (χ0) is 16.9. The number of hydrogen-bond acceptors (Lipinski definition) is 4. The molecule has 0 saturated heterocycles. The van der Waals surface area contributed by atoms with Crippen LogP contribution in [0, 0.1) is 6.92 Å². The van der Waals surface area contributed by atoms with Crippen molar-refractivity contribution in [1.29, 1.82) is 0 Å². The first-order chi connectivity index (χ1) is 11.6. The number of anilines is 1. The Labute approximate surface area is 145 Å². The standard InChI is InChI=1S/C18H18N4OS/c1-13-10-15(24-18-20-8-9-22(18)2)5-6-16(13)21-17(23)11-14-4-3-7-19-12-14/h3-10,12H,11H2,1-2H3,(H,21,23). The minimum Gasteiger partial charge on any atom is -0.329 e. The minimum atomic E-state index is -0.0457. The quantitative estimate of drug-likeness (QED) is 0.774. The highest BCUT2D eigenvalue weighted by molar-refractivity contribution is 7.99. The molecule has 3 rings (SSSR count). The predicted octanol–water partition coefficient (Wildman–Crippen LogP) is 3.46. The van der Waals surface area contributed by atoms with E-state index >= 15 is 0 Å². The van der Waals surface area contributed by atoms with Crippen molar-refractivity contribution in [2.45, 2.75) is 23.4 Å². The number of nitrogens with one attached hydrogen (secondary N) is 1. The first-order valence-corrected chi connectivity index (χ1v) is 8.38. The molecule has 5 nitrogen and oxygen atoms in total. The van der Waals surface area contributed by atoms with Crippen molar-refractivity contribution >= 4 is 23.4 Å². The van der Waals surface area contributed by atoms with Crippen molar-refractivity contribution in [2.75, 3.05) is 5.32 Å². The summed E-state index contributed by atoms with van der Waals surface area (Å²) in [6.45, 7) is 1.99. The first-order valence-electron chi connectivity index (χ1n) is 7.56. The van der Waals surface area contributed by atoms with Crippen LogP contribution in [-0.4, -0.2) is 20.4 Å². The van der Waals surface area contributed by atoms with Gasteiger partial charge < -0.3 is 9.88 Å².